The lowest BCUT2D eigenvalue weighted by atomic mass is 9.97. The molecule has 0 bridgehead atoms. The second kappa shape index (κ2) is 10.6. The topological polar surface area (TPSA) is 48.1 Å². The van der Waals surface area contributed by atoms with E-state index in [2.05, 4.69) is 4.98 Å². The smallest absolute Gasteiger partial charge is 0.138 e. The summed E-state index contributed by atoms with van der Waals surface area (Å²) in [5, 5.41) is 0.546. The van der Waals surface area contributed by atoms with Crippen LogP contribution in [0, 0.1) is 5.82 Å². The monoisotopic (exact) mass is 442 g/mol. The van der Waals surface area contributed by atoms with Gasteiger partial charge >= 0.3 is 0 Å². The number of nitrogens with two attached hydrogens (primary N) is 1. The number of hydrogen-bond donors (Lipinski definition) is 1. The molecule has 0 saturated carbocycles. The van der Waals surface area contributed by atoms with Gasteiger partial charge in [-0.25, -0.2) is 4.39 Å². The van der Waals surface area contributed by atoms with Gasteiger partial charge in [-0.1, -0.05) is 35.9 Å². The fraction of sp³-hybridized carbons (Fsp3) is 0.190. The molecule has 0 aliphatic carbocycles. The minimum atomic E-state index is -0.317. The Hall–Kier alpha value is -1.85. The fourth-order valence-corrected chi connectivity index (χ4v) is 3.04. The molecule has 0 aliphatic rings. The van der Waals surface area contributed by atoms with Crippen LogP contribution in [0.3, 0.4) is 0 Å². The fourth-order valence-electron chi connectivity index (χ4n) is 2.85. The van der Waals surface area contributed by atoms with Crippen molar-refractivity contribution >= 4 is 36.4 Å². The average Bonchev–Trinajstić information content (AvgIpc) is 2.63. The van der Waals surface area contributed by atoms with Crippen LogP contribution in [0.4, 0.5) is 4.39 Å². The predicted octanol–water partition coefficient (Wildman–Crippen LogP) is 6.00. The van der Waals surface area contributed by atoms with Gasteiger partial charge in [0.2, 0.25) is 0 Å². The minimum Gasteiger partial charge on any atom is -0.496 e. The molecule has 28 heavy (non-hydrogen) atoms. The van der Waals surface area contributed by atoms with E-state index in [1.807, 2.05) is 25.1 Å². The zero-order valence-corrected chi connectivity index (χ0v) is 17.9. The molecule has 3 nitrogen and oxygen atoms in total. The first-order valence-corrected chi connectivity index (χ1v) is 8.69. The van der Waals surface area contributed by atoms with Crippen molar-refractivity contribution in [1.82, 2.24) is 4.98 Å². The summed E-state index contributed by atoms with van der Waals surface area (Å²) >= 11 is 6.07. The summed E-state index contributed by atoms with van der Waals surface area (Å²) in [5.41, 5.74) is 9.20. The van der Waals surface area contributed by atoms with Crippen LogP contribution in [0.15, 0.2) is 54.7 Å². The molecule has 0 saturated heterocycles. The molecule has 1 unspecified atom stereocenters. The molecule has 0 aliphatic heterocycles. The molecule has 3 rings (SSSR count). The van der Waals surface area contributed by atoms with Crippen molar-refractivity contribution in [3.63, 3.8) is 0 Å². The van der Waals surface area contributed by atoms with Crippen molar-refractivity contribution < 1.29 is 9.13 Å². The molecule has 7 heteroatoms. The molecule has 0 radical (unpaired) electrons. The van der Waals surface area contributed by atoms with Gasteiger partial charge < -0.3 is 10.5 Å². The van der Waals surface area contributed by atoms with Crippen LogP contribution >= 0.6 is 36.4 Å². The van der Waals surface area contributed by atoms with Gasteiger partial charge in [0.05, 0.1) is 18.4 Å². The number of methoxy groups -OCH3 is 1. The number of hydrogen-bond acceptors (Lipinski definition) is 3. The summed E-state index contributed by atoms with van der Waals surface area (Å²) in [6, 6.07) is 14.3. The molecule has 1 heterocycles. The number of benzene rings is 2. The summed E-state index contributed by atoms with van der Waals surface area (Å²) in [5.74, 6) is 0.154. The van der Waals surface area contributed by atoms with Crippen molar-refractivity contribution in [2.24, 2.45) is 5.73 Å². The normalized spacial score (nSPS) is 11.2. The summed E-state index contributed by atoms with van der Waals surface area (Å²) in [7, 11) is 1.53. The maximum absolute atomic E-state index is 15.3. The van der Waals surface area contributed by atoms with Gasteiger partial charge in [-0.15, -0.1) is 24.8 Å². The molecule has 3 aromatic rings. The van der Waals surface area contributed by atoms with Gasteiger partial charge in [-0.05, 0) is 47.9 Å². The molecule has 2 aromatic carbocycles. The van der Waals surface area contributed by atoms with E-state index in [0.717, 1.165) is 11.3 Å². The highest BCUT2D eigenvalue weighted by atomic mass is 35.5. The largest absolute Gasteiger partial charge is 0.496 e. The average molecular weight is 444 g/mol. The number of pyridine rings is 1. The van der Waals surface area contributed by atoms with E-state index < -0.39 is 0 Å². The summed E-state index contributed by atoms with van der Waals surface area (Å²) < 4.78 is 20.6. The Morgan fingerprint density at radius 1 is 1.14 bits per heavy atom. The van der Waals surface area contributed by atoms with Crippen molar-refractivity contribution in [2.45, 2.75) is 19.4 Å². The molecule has 1 atom stereocenters. The van der Waals surface area contributed by atoms with Gasteiger partial charge in [0.1, 0.15) is 11.6 Å². The highest BCUT2D eigenvalue weighted by Crippen LogP contribution is 2.36. The van der Waals surface area contributed by atoms with Gasteiger partial charge in [0, 0.05) is 23.7 Å². The number of rotatable bonds is 5. The van der Waals surface area contributed by atoms with Gasteiger partial charge in [-0.2, -0.15) is 0 Å². The predicted molar refractivity (Wildman–Crippen MR) is 118 cm³/mol. The van der Waals surface area contributed by atoms with Crippen LogP contribution in [-0.2, 0) is 6.42 Å². The van der Waals surface area contributed by atoms with Crippen molar-refractivity contribution in [3.8, 4) is 16.9 Å². The molecule has 150 valence electrons. The van der Waals surface area contributed by atoms with E-state index in [0.29, 0.717) is 33.9 Å². The second-order valence-corrected chi connectivity index (χ2v) is 6.62. The number of nitrogens with zero attached hydrogens (tertiary/aromatic N) is 1. The molecule has 0 amide bonds. The standard InChI is InChI=1S/C21H20ClFN2O.2ClH/c1-13(24)18-8-6-14(12-25-18)10-16-7-9-19(26-2)20(21(16)23)15-4-3-5-17(22)11-15;;/h3-9,11-13H,10,24H2,1-2H3;2*1H. The van der Waals surface area contributed by atoms with E-state index >= 15 is 4.39 Å². The Kier molecular flexibility index (Phi) is 9.18. The Bertz CT molecular complexity index is 918. The summed E-state index contributed by atoms with van der Waals surface area (Å²) in [6.07, 6.45) is 2.16. The molecular formula is C21H22Cl3FN2O. The lowest BCUT2D eigenvalue weighted by Crippen LogP contribution is -2.07. The van der Waals surface area contributed by atoms with Crippen molar-refractivity contribution in [1.29, 1.82) is 0 Å². The second-order valence-electron chi connectivity index (χ2n) is 6.18. The summed E-state index contributed by atoms with van der Waals surface area (Å²) in [4.78, 5) is 4.34. The lowest BCUT2D eigenvalue weighted by molar-refractivity contribution is 0.413. The van der Waals surface area contributed by atoms with Crippen LogP contribution in [0.2, 0.25) is 5.02 Å². The Morgan fingerprint density at radius 3 is 2.46 bits per heavy atom. The first-order valence-electron chi connectivity index (χ1n) is 8.31. The van der Waals surface area contributed by atoms with E-state index in [1.54, 1.807) is 36.5 Å². The van der Waals surface area contributed by atoms with Crippen LogP contribution in [0.1, 0.15) is 29.8 Å². The molecule has 0 spiro atoms. The van der Waals surface area contributed by atoms with Crippen LogP contribution in [-0.4, -0.2) is 12.1 Å². The molecule has 2 N–H and O–H groups in total. The molecule has 0 fully saturated rings. The highest BCUT2D eigenvalue weighted by Gasteiger charge is 2.17. The third-order valence-electron chi connectivity index (χ3n) is 4.23. The maximum Gasteiger partial charge on any atom is 0.138 e. The summed E-state index contributed by atoms with van der Waals surface area (Å²) in [6.45, 7) is 1.88. The van der Waals surface area contributed by atoms with Gasteiger partial charge in [-0.3, -0.25) is 4.98 Å². The first-order chi connectivity index (χ1) is 12.5. The van der Waals surface area contributed by atoms with E-state index in [1.165, 1.54) is 7.11 Å². The van der Waals surface area contributed by atoms with E-state index in [4.69, 9.17) is 22.1 Å². The first kappa shape index (κ1) is 24.2. The van der Waals surface area contributed by atoms with Crippen molar-refractivity contribution in [3.05, 3.63) is 82.4 Å². The number of ether oxygens (including phenoxy) is 1. The van der Waals surface area contributed by atoms with E-state index in [9.17, 15) is 0 Å². The van der Waals surface area contributed by atoms with Crippen molar-refractivity contribution in [2.75, 3.05) is 7.11 Å². The van der Waals surface area contributed by atoms with Crippen LogP contribution in [0.5, 0.6) is 5.75 Å². The van der Waals surface area contributed by atoms with Gasteiger partial charge in [0.25, 0.3) is 0 Å². The Labute approximate surface area is 181 Å². The minimum absolute atomic E-state index is 0. The Balaban J connectivity index is 0.00000196. The molecular weight excluding hydrogens is 422 g/mol. The third-order valence-corrected chi connectivity index (χ3v) is 4.46. The Morgan fingerprint density at radius 2 is 1.89 bits per heavy atom. The number of aromatic nitrogens is 1. The van der Waals surface area contributed by atoms with E-state index in [-0.39, 0.29) is 36.7 Å². The zero-order valence-electron chi connectivity index (χ0n) is 15.5. The number of halogens is 4. The zero-order chi connectivity index (χ0) is 18.7. The van der Waals surface area contributed by atoms with Crippen LogP contribution < -0.4 is 10.5 Å². The lowest BCUT2D eigenvalue weighted by Gasteiger charge is -2.14. The SMILES string of the molecule is COc1ccc(Cc2ccc(C(C)N)nc2)c(F)c1-c1cccc(Cl)c1.Cl.Cl. The van der Waals surface area contributed by atoms with Gasteiger partial charge in [0.15, 0.2) is 0 Å². The van der Waals surface area contributed by atoms with Crippen LogP contribution in [0.25, 0.3) is 11.1 Å². The third kappa shape index (κ3) is 5.36. The molecule has 1 aromatic heterocycles. The highest BCUT2D eigenvalue weighted by molar-refractivity contribution is 6.30. The maximum atomic E-state index is 15.3. The quantitative estimate of drug-likeness (QED) is 0.526.